The van der Waals surface area contributed by atoms with Crippen LogP contribution >= 0.6 is 0 Å². The summed E-state index contributed by atoms with van der Waals surface area (Å²) in [5, 5.41) is 2.96. The standard InChI is InChI=1S/C11H15N5O/c1-4-8-10(12)11(17)16(15-8)9-5-6(2)13-7(3)14-9/h5,15H,4,12H2,1-3H3. The Hall–Kier alpha value is -2.11. The number of rotatable bonds is 2. The molecule has 0 bridgehead atoms. The highest BCUT2D eigenvalue weighted by Gasteiger charge is 2.12. The molecule has 2 heterocycles. The summed E-state index contributed by atoms with van der Waals surface area (Å²) >= 11 is 0. The van der Waals surface area contributed by atoms with Gasteiger partial charge < -0.3 is 5.73 Å². The van der Waals surface area contributed by atoms with Gasteiger partial charge in [-0.2, -0.15) is 4.68 Å². The largest absolute Gasteiger partial charge is 0.393 e. The van der Waals surface area contributed by atoms with Gasteiger partial charge in [0.05, 0.1) is 5.69 Å². The fourth-order valence-corrected chi connectivity index (χ4v) is 1.74. The molecule has 0 aliphatic carbocycles. The molecule has 3 N–H and O–H groups in total. The zero-order valence-corrected chi connectivity index (χ0v) is 10.1. The zero-order chi connectivity index (χ0) is 12.6. The van der Waals surface area contributed by atoms with E-state index in [1.807, 2.05) is 13.8 Å². The van der Waals surface area contributed by atoms with Gasteiger partial charge in [0.2, 0.25) is 0 Å². The summed E-state index contributed by atoms with van der Waals surface area (Å²) in [4.78, 5) is 20.3. The summed E-state index contributed by atoms with van der Waals surface area (Å²) in [6.07, 6.45) is 0.678. The highest BCUT2D eigenvalue weighted by Crippen LogP contribution is 2.08. The molecule has 0 fully saturated rings. The van der Waals surface area contributed by atoms with Crippen molar-refractivity contribution in [3.63, 3.8) is 0 Å². The molecule has 2 aromatic heterocycles. The number of nitrogen functional groups attached to an aromatic ring is 1. The Kier molecular flexibility index (Phi) is 2.71. The number of nitrogens with two attached hydrogens (primary N) is 1. The summed E-state index contributed by atoms with van der Waals surface area (Å²) in [5.74, 6) is 1.14. The van der Waals surface area contributed by atoms with Crippen LogP contribution in [0.3, 0.4) is 0 Å². The Labute approximate surface area is 98.5 Å². The molecule has 0 spiro atoms. The van der Waals surface area contributed by atoms with Crippen molar-refractivity contribution in [2.24, 2.45) is 0 Å². The number of aromatic nitrogens is 4. The van der Waals surface area contributed by atoms with Crippen LogP contribution in [-0.2, 0) is 6.42 Å². The minimum atomic E-state index is -0.264. The topological polar surface area (TPSA) is 89.6 Å². The van der Waals surface area contributed by atoms with Crippen LogP contribution in [0.25, 0.3) is 5.82 Å². The van der Waals surface area contributed by atoms with E-state index >= 15 is 0 Å². The number of aryl methyl sites for hydroxylation is 3. The first-order chi connectivity index (χ1) is 8.02. The van der Waals surface area contributed by atoms with Gasteiger partial charge in [0.1, 0.15) is 11.5 Å². The summed E-state index contributed by atoms with van der Waals surface area (Å²) in [5.41, 5.74) is 7.24. The average molecular weight is 233 g/mol. The third kappa shape index (κ3) is 1.93. The quantitative estimate of drug-likeness (QED) is 0.799. The minimum Gasteiger partial charge on any atom is -0.393 e. The average Bonchev–Trinajstić information content (AvgIpc) is 2.54. The van der Waals surface area contributed by atoms with Gasteiger partial charge in [-0.05, 0) is 20.3 Å². The van der Waals surface area contributed by atoms with Crippen molar-refractivity contribution in [1.29, 1.82) is 0 Å². The molecule has 0 saturated heterocycles. The molecule has 0 aliphatic heterocycles. The maximum atomic E-state index is 11.9. The van der Waals surface area contributed by atoms with Crippen molar-refractivity contribution in [1.82, 2.24) is 19.7 Å². The molecule has 2 aromatic rings. The van der Waals surface area contributed by atoms with E-state index in [4.69, 9.17) is 5.73 Å². The number of aromatic amines is 1. The monoisotopic (exact) mass is 233 g/mol. The first kappa shape index (κ1) is 11.4. The maximum Gasteiger partial charge on any atom is 0.296 e. The van der Waals surface area contributed by atoms with Crippen LogP contribution in [0.15, 0.2) is 10.9 Å². The van der Waals surface area contributed by atoms with Crippen LogP contribution in [0.5, 0.6) is 0 Å². The molecule has 0 unspecified atom stereocenters. The fourth-order valence-electron chi connectivity index (χ4n) is 1.74. The van der Waals surface area contributed by atoms with E-state index in [0.717, 1.165) is 11.4 Å². The molecular weight excluding hydrogens is 218 g/mol. The number of nitrogens with zero attached hydrogens (tertiary/aromatic N) is 3. The van der Waals surface area contributed by atoms with E-state index in [0.29, 0.717) is 18.1 Å². The van der Waals surface area contributed by atoms with E-state index < -0.39 is 0 Å². The lowest BCUT2D eigenvalue weighted by Gasteiger charge is -2.03. The number of anilines is 1. The maximum absolute atomic E-state index is 11.9. The lowest BCUT2D eigenvalue weighted by Crippen LogP contribution is -2.18. The Morgan fingerprint density at radius 1 is 1.41 bits per heavy atom. The number of H-pyrrole nitrogens is 1. The molecule has 0 atom stereocenters. The number of hydrogen-bond acceptors (Lipinski definition) is 4. The summed E-state index contributed by atoms with van der Waals surface area (Å²) in [6, 6.07) is 1.74. The van der Waals surface area contributed by atoms with Crippen molar-refractivity contribution < 1.29 is 0 Å². The molecular formula is C11H15N5O. The van der Waals surface area contributed by atoms with Crippen LogP contribution in [0.4, 0.5) is 5.69 Å². The van der Waals surface area contributed by atoms with Crippen molar-refractivity contribution in [2.75, 3.05) is 5.73 Å². The van der Waals surface area contributed by atoms with Gasteiger partial charge in [0, 0.05) is 11.8 Å². The van der Waals surface area contributed by atoms with Crippen molar-refractivity contribution in [3.8, 4) is 5.82 Å². The molecule has 0 aliphatic rings. The lowest BCUT2D eigenvalue weighted by atomic mass is 10.3. The highest BCUT2D eigenvalue weighted by molar-refractivity contribution is 5.43. The van der Waals surface area contributed by atoms with Crippen molar-refractivity contribution >= 4 is 5.69 Å². The smallest absolute Gasteiger partial charge is 0.296 e. The van der Waals surface area contributed by atoms with E-state index in [2.05, 4.69) is 15.1 Å². The molecule has 0 saturated carbocycles. The first-order valence-corrected chi connectivity index (χ1v) is 5.45. The normalized spacial score (nSPS) is 10.8. The number of hydrogen-bond donors (Lipinski definition) is 2. The van der Waals surface area contributed by atoms with E-state index in [1.165, 1.54) is 4.68 Å². The van der Waals surface area contributed by atoms with Gasteiger partial charge in [-0.3, -0.25) is 9.89 Å². The van der Waals surface area contributed by atoms with Crippen LogP contribution in [-0.4, -0.2) is 19.7 Å². The highest BCUT2D eigenvalue weighted by atomic mass is 16.1. The Morgan fingerprint density at radius 2 is 2.12 bits per heavy atom. The molecule has 6 heteroatoms. The number of nitrogens with one attached hydrogen (secondary N) is 1. The second kappa shape index (κ2) is 4.04. The van der Waals surface area contributed by atoms with Crippen LogP contribution in [0.1, 0.15) is 24.1 Å². The third-order valence-corrected chi connectivity index (χ3v) is 2.54. The zero-order valence-electron chi connectivity index (χ0n) is 10.1. The Balaban J connectivity index is 2.64. The van der Waals surface area contributed by atoms with Gasteiger partial charge in [-0.15, -0.1) is 0 Å². The van der Waals surface area contributed by atoms with E-state index in [9.17, 15) is 4.79 Å². The molecule has 0 amide bonds. The molecule has 0 aromatic carbocycles. The second-order valence-electron chi connectivity index (χ2n) is 3.91. The molecule has 0 radical (unpaired) electrons. The SMILES string of the molecule is CCc1[nH]n(-c2cc(C)nc(C)n2)c(=O)c1N. The van der Waals surface area contributed by atoms with Gasteiger partial charge >= 0.3 is 0 Å². The molecule has 17 heavy (non-hydrogen) atoms. The van der Waals surface area contributed by atoms with Gasteiger partial charge in [-0.1, -0.05) is 6.92 Å². The van der Waals surface area contributed by atoms with Crippen LogP contribution in [0.2, 0.25) is 0 Å². The van der Waals surface area contributed by atoms with E-state index in [1.54, 1.807) is 13.0 Å². The van der Waals surface area contributed by atoms with Gasteiger partial charge in [0.15, 0.2) is 5.82 Å². The summed E-state index contributed by atoms with van der Waals surface area (Å²) in [6.45, 7) is 5.58. The predicted octanol–water partition coefficient (Wildman–Crippen LogP) is 0.717. The van der Waals surface area contributed by atoms with Crippen molar-refractivity contribution in [2.45, 2.75) is 27.2 Å². The van der Waals surface area contributed by atoms with Gasteiger partial charge in [0.25, 0.3) is 5.56 Å². The molecule has 2 rings (SSSR count). The second-order valence-corrected chi connectivity index (χ2v) is 3.91. The first-order valence-electron chi connectivity index (χ1n) is 5.45. The summed E-state index contributed by atoms with van der Waals surface area (Å²) in [7, 11) is 0. The van der Waals surface area contributed by atoms with E-state index in [-0.39, 0.29) is 11.2 Å². The predicted molar refractivity (Wildman–Crippen MR) is 65.2 cm³/mol. The van der Waals surface area contributed by atoms with Crippen LogP contribution < -0.4 is 11.3 Å². The Morgan fingerprint density at radius 3 is 2.65 bits per heavy atom. The lowest BCUT2D eigenvalue weighted by molar-refractivity contribution is 0.779. The third-order valence-electron chi connectivity index (χ3n) is 2.54. The van der Waals surface area contributed by atoms with Gasteiger partial charge in [-0.25, -0.2) is 9.97 Å². The molecule has 90 valence electrons. The van der Waals surface area contributed by atoms with Crippen molar-refractivity contribution in [3.05, 3.63) is 33.6 Å². The summed E-state index contributed by atoms with van der Waals surface area (Å²) < 4.78 is 1.36. The van der Waals surface area contributed by atoms with Crippen LogP contribution in [0, 0.1) is 13.8 Å². The molecule has 6 nitrogen and oxygen atoms in total. The minimum absolute atomic E-state index is 0.251. The Bertz CT molecular complexity index is 591. The fraction of sp³-hybridized carbons (Fsp3) is 0.364.